The van der Waals surface area contributed by atoms with Crippen LogP contribution in [0, 0.1) is 0 Å². The van der Waals surface area contributed by atoms with Gasteiger partial charge in [0.05, 0.1) is 11.8 Å². The van der Waals surface area contributed by atoms with Crippen LogP contribution in [0.1, 0.15) is 37.3 Å². The standard InChI is InChI=1S/C14H17ClN2O/c1-10(2)17-7-6-13(16-17)9-14(18)11-4-3-5-12(15)8-11/h3-8,10,14,18H,9H2,1-2H3. The Labute approximate surface area is 112 Å². The summed E-state index contributed by atoms with van der Waals surface area (Å²) in [6.45, 7) is 4.15. The monoisotopic (exact) mass is 264 g/mol. The Kier molecular flexibility index (Phi) is 4.04. The quantitative estimate of drug-likeness (QED) is 0.919. The highest BCUT2D eigenvalue weighted by Crippen LogP contribution is 2.21. The van der Waals surface area contributed by atoms with E-state index in [1.165, 1.54) is 0 Å². The molecule has 0 fully saturated rings. The van der Waals surface area contributed by atoms with Gasteiger partial charge in [0, 0.05) is 23.7 Å². The summed E-state index contributed by atoms with van der Waals surface area (Å²) >= 11 is 5.91. The summed E-state index contributed by atoms with van der Waals surface area (Å²) < 4.78 is 1.89. The van der Waals surface area contributed by atoms with Gasteiger partial charge in [0.2, 0.25) is 0 Å². The van der Waals surface area contributed by atoms with Crippen LogP contribution in [0.3, 0.4) is 0 Å². The van der Waals surface area contributed by atoms with Crippen molar-refractivity contribution in [1.29, 1.82) is 0 Å². The lowest BCUT2D eigenvalue weighted by molar-refractivity contribution is 0.177. The number of rotatable bonds is 4. The van der Waals surface area contributed by atoms with Crippen molar-refractivity contribution in [3.05, 3.63) is 52.8 Å². The fraction of sp³-hybridized carbons (Fsp3) is 0.357. The number of hydrogen-bond acceptors (Lipinski definition) is 2. The fourth-order valence-electron chi connectivity index (χ4n) is 1.80. The second-order valence-corrected chi connectivity index (χ2v) is 5.09. The molecule has 1 unspecified atom stereocenters. The van der Waals surface area contributed by atoms with Gasteiger partial charge in [-0.1, -0.05) is 23.7 Å². The molecule has 2 aromatic rings. The van der Waals surface area contributed by atoms with Crippen LogP contribution < -0.4 is 0 Å². The van der Waals surface area contributed by atoms with Crippen molar-refractivity contribution in [2.75, 3.05) is 0 Å². The molecule has 1 atom stereocenters. The van der Waals surface area contributed by atoms with Crippen molar-refractivity contribution in [3.8, 4) is 0 Å². The summed E-state index contributed by atoms with van der Waals surface area (Å²) in [4.78, 5) is 0. The van der Waals surface area contributed by atoms with Crippen LogP contribution in [-0.2, 0) is 6.42 Å². The number of halogens is 1. The van der Waals surface area contributed by atoms with Gasteiger partial charge in [-0.3, -0.25) is 4.68 Å². The van der Waals surface area contributed by atoms with Crippen LogP contribution in [0.2, 0.25) is 5.02 Å². The van der Waals surface area contributed by atoms with Crippen LogP contribution in [0.5, 0.6) is 0 Å². The second kappa shape index (κ2) is 5.55. The van der Waals surface area contributed by atoms with E-state index in [2.05, 4.69) is 18.9 Å². The molecule has 1 N–H and O–H groups in total. The largest absolute Gasteiger partial charge is 0.388 e. The second-order valence-electron chi connectivity index (χ2n) is 4.66. The van der Waals surface area contributed by atoms with E-state index in [0.717, 1.165) is 11.3 Å². The average Bonchev–Trinajstić information content (AvgIpc) is 2.77. The van der Waals surface area contributed by atoms with Gasteiger partial charge >= 0.3 is 0 Å². The lowest BCUT2D eigenvalue weighted by Crippen LogP contribution is -2.05. The SMILES string of the molecule is CC(C)n1ccc(CC(O)c2cccc(Cl)c2)n1. The molecule has 3 nitrogen and oxygen atoms in total. The zero-order valence-electron chi connectivity index (χ0n) is 10.5. The third kappa shape index (κ3) is 3.12. The molecule has 0 aliphatic rings. The van der Waals surface area contributed by atoms with Gasteiger partial charge in [-0.15, -0.1) is 0 Å². The topological polar surface area (TPSA) is 38.0 Å². The predicted molar refractivity (Wildman–Crippen MR) is 72.7 cm³/mol. The summed E-state index contributed by atoms with van der Waals surface area (Å²) in [5, 5.41) is 15.2. The molecule has 0 bridgehead atoms. The van der Waals surface area contributed by atoms with Gasteiger partial charge in [0.15, 0.2) is 0 Å². The fourth-order valence-corrected chi connectivity index (χ4v) is 2.00. The molecule has 1 aromatic heterocycles. The van der Waals surface area contributed by atoms with E-state index in [4.69, 9.17) is 11.6 Å². The van der Waals surface area contributed by atoms with Crippen molar-refractivity contribution in [2.45, 2.75) is 32.4 Å². The van der Waals surface area contributed by atoms with Gasteiger partial charge < -0.3 is 5.11 Å². The van der Waals surface area contributed by atoms with Gasteiger partial charge in [-0.05, 0) is 37.6 Å². The smallest absolute Gasteiger partial charge is 0.0846 e. The molecule has 1 aromatic carbocycles. The Bertz CT molecular complexity index is 522. The zero-order chi connectivity index (χ0) is 13.1. The van der Waals surface area contributed by atoms with E-state index in [9.17, 15) is 5.11 Å². The van der Waals surface area contributed by atoms with E-state index in [1.807, 2.05) is 29.1 Å². The zero-order valence-corrected chi connectivity index (χ0v) is 11.3. The van der Waals surface area contributed by atoms with Crippen LogP contribution >= 0.6 is 11.6 Å². The molecular weight excluding hydrogens is 248 g/mol. The molecule has 4 heteroatoms. The summed E-state index contributed by atoms with van der Waals surface area (Å²) in [6, 6.07) is 9.57. The normalized spacial score (nSPS) is 12.9. The van der Waals surface area contributed by atoms with Crippen molar-refractivity contribution in [2.24, 2.45) is 0 Å². The Balaban J connectivity index is 2.08. The Hall–Kier alpha value is -1.32. The first-order valence-corrected chi connectivity index (χ1v) is 6.41. The van der Waals surface area contributed by atoms with Gasteiger partial charge in [0.25, 0.3) is 0 Å². The van der Waals surface area contributed by atoms with Crippen LogP contribution in [-0.4, -0.2) is 14.9 Å². The molecule has 2 rings (SSSR count). The highest BCUT2D eigenvalue weighted by atomic mass is 35.5. The number of aliphatic hydroxyl groups excluding tert-OH is 1. The van der Waals surface area contributed by atoms with Gasteiger partial charge in [-0.2, -0.15) is 5.10 Å². The minimum Gasteiger partial charge on any atom is -0.388 e. The molecule has 0 radical (unpaired) electrons. The van der Waals surface area contributed by atoms with Crippen LogP contribution in [0.4, 0.5) is 0 Å². The lowest BCUT2D eigenvalue weighted by Gasteiger charge is -2.10. The summed E-state index contributed by atoms with van der Waals surface area (Å²) in [5.41, 5.74) is 1.71. The Morgan fingerprint density at radius 3 is 2.72 bits per heavy atom. The minimum atomic E-state index is -0.570. The molecule has 0 saturated carbocycles. The Morgan fingerprint density at radius 1 is 1.33 bits per heavy atom. The van der Waals surface area contributed by atoms with E-state index >= 15 is 0 Å². The number of benzene rings is 1. The maximum Gasteiger partial charge on any atom is 0.0846 e. The van der Waals surface area contributed by atoms with Crippen LogP contribution in [0.15, 0.2) is 36.5 Å². The summed E-state index contributed by atoms with van der Waals surface area (Å²) in [6.07, 6.45) is 1.87. The molecule has 18 heavy (non-hydrogen) atoms. The van der Waals surface area contributed by atoms with Gasteiger partial charge in [0.1, 0.15) is 0 Å². The number of nitrogens with zero attached hydrogens (tertiary/aromatic N) is 2. The van der Waals surface area contributed by atoms with Gasteiger partial charge in [-0.25, -0.2) is 0 Å². The number of hydrogen-bond donors (Lipinski definition) is 1. The predicted octanol–water partition coefficient (Wildman–Crippen LogP) is 3.39. The molecule has 0 aliphatic carbocycles. The van der Waals surface area contributed by atoms with Crippen molar-refractivity contribution < 1.29 is 5.11 Å². The molecule has 96 valence electrons. The first-order chi connectivity index (χ1) is 8.56. The first-order valence-electron chi connectivity index (χ1n) is 6.04. The maximum absolute atomic E-state index is 10.1. The van der Waals surface area contributed by atoms with E-state index in [-0.39, 0.29) is 0 Å². The molecule has 0 saturated heterocycles. The molecule has 0 aliphatic heterocycles. The molecule has 0 amide bonds. The third-order valence-corrected chi connectivity index (χ3v) is 3.06. The third-order valence-electron chi connectivity index (χ3n) is 2.83. The van der Waals surface area contributed by atoms with Crippen molar-refractivity contribution in [1.82, 2.24) is 9.78 Å². The maximum atomic E-state index is 10.1. The summed E-state index contributed by atoms with van der Waals surface area (Å²) in [5.74, 6) is 0. The van der Waals surface area contributed by atoms with E-state index in [0.29, 0.717) is 17.5 Å². The van der Waals surface area contributed by atoms with Crippen LogP contribution in [0.25, 0.3) is 0 Å². The highest BCUT2D eigenvalue weighted by Gasteiger charge is 2.11. The highest BCUT2D eigenvalue weighted by molar-refractivity contribution is 6.30. The van der Waals surface area contributed by atoms with E-state index < -0.39 is 6.10 Å². The number of aliphatic hydroxyl groups is 1. The number of aromatic nitrogens is 2. The van der Waals surface area contributed by atoms with E-state index in [1.54, 1.807) is 12.1 Å². The molecule has 1 heterocycles. The average molecular weight is 265 g/mol. The Morgan fingerprint density at radius 2 is 2.11 bits per heavy atom. The molecule has 0 spiro atoms. The van der Waals surface area contributed by atoms with Crippen molar-refractivity contribution in [3.63, 3.8) is 0 Å². The molecular formula is C14H17ClN2O. The minimum absolute atomic E-state index is 0.335. The first kappa shape index (κ1) is 13.1. The summed E-state index contributed by atoms with van der Waals surface area (Å²) in [7, 11) is 0. The van der Waals surface area contributed by atoms with Crippen molar-refractivity contribution >= 4 is 11.6 Å². The lowest BCUT2D eigenvalue weighted by atomic mass is 10.1.